The minimum atomic E-state index is -3.01. The summed E-state index contributed by atoms with van der Waals surface area (Å²) in [7, 11) is -3.01. The Labute approximate surface area is 102 Å². The van der Waals surface area contributed by atoms with Crippen LogP contribution in [-0.4, -0.2) is 54.5 Å². The molecule has 0 aliphatic carbocycles. The van der Waals surface area contributed by atoms with Gasteiger partial charge in [0.15, 0.2) is 9.84 Å². The lowest BCUT2D eigenvalue weighted by Gasteiger charge is -2.49. The van der Waals surface area contributed by atoms with Gasteiger partial charge in [-0.15, -0.1) is 0 Å². The van der Waals surface area contributed by atoms with Crippen molar-refractivity contribution >= 4 is 15.7 Å². The maximum atomic E-state index is 12.0. The van der Waals surface area contributed by atoms with E-state index in [0.29, 0.717) is 19.5 Å². The molecule has 2 aliphatic rings. The highest BCUT2D eigenvalue weighted by molar-refractivity contribution is 7.91. The fraction of sp³-hybridized carbons (Fsp3) is 0.909. The zero-order chi connectivity index (χ0) is 12.8. The number of carbonyl (C=O) groups is 1. The minimum absolute atomic E-state index is 0.0254. The zero-order valence-corrected chi connectivity index (χ0v) is 11.0. The Kier molecular flexibility index (Phi) is 2.98. The first-order chi connectivity index (χ1) is 7.73. The van der Waals surface area contributed by atoms with E-state index in [1.54, 1.807) is 4.90 Å². The number of nitrogens with zero attached hydrogens (tertiary/aromatic N) is 1. The first-order valence-electron chi connectivity index (χ1n) is 5.95. The smallest absolute Gasteiger partial charge is 0.226 e. The van der Waals surface area contributed by atoms with Crippen LogP contribution in [0.1, 0.15) is 20.3 Å². The van der Waals surface area contributed by atoms with Gasteiger partial charge in [-0.25, -0.2) is 8.42 Å². The number of β-amino-alcohol motifs (C(OH)–C–C–N with tert-alkyl or cyclic N) is 1. The number of carbonyl (C=O) groups excluding carboxylic acids is 1. The van der Waals surface area contributed by atoms with Crippen LogP contribution in [-0.2, 0) is 14.6 Å². The van der Waals surface area contributed by atoms with Crippen molar-refractivity contribution in [3.63, 3.8) is 0 Å². The maximum absolute atomic E-state index is 12.0. The molecule has 1 atom stereocenters. The lowest BCUT2D eigenvalue weighted by atomic mass is 9.82. The van der Waals surface area contributed by atoms with E-state index in [4.69, 9.17) is 0 Å². The molecule has 2 rings (SSSR count). The standard InChI is InChI=1S/C11H19NO4S/c1-8(2)11(14)6-12(7-11)10(13)9-3-4-17(15,16)5-9/h8-9,14H,3-7H2,1-2H3. The van der Waals surface area contributed by atoms with Crippen LogP contribution in [0.15, 0.2) is 0 Å². The number of hydrogen-bond donors (Lipinski definition) is 1. The largest absolute Gasteiger partial charge is 0.386 e. The molecule has 98 valence electrons. The molecule has 17 heavy (non-hydrogen) atoms. The molecule has 1 N–H and O–H groups in total. The first kappa shape index (κ1) is 12.8. The van der Waals surface area contributed by atoms with E-state index in [1.165, 1.54) is 0 Å². The lowest BCUT2D eigenvalue weighted by Crippen LogP contribution is -2.66. The van der Waals surface area contributed by atoms with Crippen molar-refractivity contribution in [1.82, 2.24) is 4.90 Å². The van der Waals surface area contributed by atoms with Gasteiger partial charge in [0, 0.05) is 0 Å². The highest BCUT2D eigenvalue weighted by Crippen LogP contribution is 2.31. The summed E-state index contributed by atoms with van der Waals surface area (Å²) in [6, 6.07) is 0. The summed E-state index contributed by atoms with van der Waals surface area (Å²) in [5.74, 6) is -0.305. The molecule has 0 spiro atoms. The monoisotopic (exact) mass is 261 g/mol. The molecule has 6 heteroatoms. The molecule has 1 amide bonds. The molecular formula is C11H19NO4S. The van der Waals surface area contributed by atoms with Crippen molar-refractivity contribution in [2.24, 2.45) is 11.8 Å². The van der Waals surface area contributed by atoms with Crippen LogP contribution in [0.4, 0.5) is 0 Å². The molecule has 1 unspecified atom stereocenters. The third-order valence-electron chi connectivity index (χ3n) is 3.90. The molecule has 0 bridgehead atoms. The van der Waals surface area contributed by atoms with Gasteiger partial charge in [-0.05, 0) is 12.3 Å². The lowest BCUT2D eigenvalue weighted by molar-refractivity contribution is -0.166. The fourth-order valence-corrected chi connectivity index (χ4v) is 4.12. The van der Waals surface area contributed by atoms with E-state index >= 15 is 0 Å². The van der Waals surface area contributed by atoms with Gasteiger partial charge in [-0.1, -0.05) is 13.8 Å². The summed E-state index contributed by atoms with van der Waals surface area (Å²) in [5.41, 5.74) is -0.785. The Morgan fingerprint density at radius 2 is 2.00 bits per heavy atom. The van der Waals surface area contributed by atoms with Crippen LogP contribution < -0.4 is 0 Å². The van der Waals surface area contributed by atoms with Gasteiger partial charge in [0.1, 0.15) is 5.60 Å². The SMILES string of the molecule is CC(C)C1(O)CN(C(=O)C2CCS(=O)(=O)C2)C1. The highest BCUT2D eigenvalue weighted by Gasteiger charge is 2.48. The predicted molar refractivity (Wildman–Crippen MR) is 63.1 cm³/mol. The number of sulfone groups is 1. The van der Waals surface area contributed by atoms with Crippen LogP contribution >= 0.6 is 0 Å². The van der Waals surface area contributed by atoms with E-state index in [-0.39, 0.29) is 23.3 Å². The predicted octanol–water partition coefficient (Wildman–Crippen LogP) is -0.350. The van der Waals surface area contributed by atoms with Gasteiger partial charge >= 0.3 is 0 Å². The van der Waals surface area contributed by atoms with Crippen LogP contribution in [0, 0.1) is 11.8 Å². The molecule has 5 nitrogen and oxygen atoms in total. The van der Waals surface area contributed by atoms with Gasteiger partial charge in [0.05, 0.1) is 30.5 Å². The third kappa shape index (κ3) is 2.33. The molecule has 0 aromatic heterocycles. The summed E-state index contributed by atoms with van der Waals surface area (Å²) in [6.07, 6.45) is 0.428. The van der Waals surface area contributed by atoms with E-state index in [1.807, 2.05) is 13.8 Å². The zero-order valence-electron chi connectivity index (χ0n) is 10.2. The van der Waals surface area contributed by atoms with Crippen LogP contribution in [0.3, 0.4) is 0 Å². The maximum Gasteiger partial charge on any atom is 0.226 e. The highest BCUT2D eigenvalue weighted by atomic mass is 32.2. The summed E-state index contributed by atoms with van der Waals surface area (Å²) >= 11 is 0. The van der Waals surface area contributed by atoms with Crippen LogP contribution in [0.25, 0.3) is 0 Å². The molecule has 0 aromatic carbocycles. The molecule has 2 aliphatic heterocycles. The third-order valence-corrected chi connectivity index (χ3v) is 5.67. The Morgan fingerprint density at radius 1 is 1.41 bits per heavy atom. The van der Waals surface area contributed by atoms with E-state index in [9.17, 15) is 18.3 Å². The fourth-order valence-electron chi connectivity index (χ4n) is 2.38. The van der Waals surface area contributed by atoms with Gasteiger partial charge in [0.25, 0.3) is 0 Å². The van der Waals surface area contributed by atoms with Crippen molar-refractivity contribution in [1.29, 1.82) is 0 Å². The Bertz CT molecular complexity index is 423. The Hall–Kier alpha value is -0.620. The molecule has 0 aromatic rings. The second kappa shape index (κ2) is 3.95. The normalized spacial score (nSPS) is 30.4. The second-order valence-electron chi connectivity index (χ2n) is 5.55. The Balaban J connectivity index is 1.93. The van der Waals surface area contributed by atoms with Gasteiger partial charge in [-0.3, -0.25) is 4.79 Å². The van der Waals surface area contributed by atoms with Crippen molar-refractivity contribution in [3.8, 4) is 0 Å². The number of likely N-dealkylation sites (tertiary alicyclic amines) is 1. The van der Waals surface area contributed by atoms with Crippen LogP contribution in [0.2, 0.25) is 0 Å². The van der Waals surface area contributed by atoms with E-state index in [0.717, 1.165) is 0 Å². The van der Waals surface area contributed by atoms with E-state index < -0.39 is 21.4 Å². The van der Waals surface area contributed by atoms with E-state index in [2.05, 4.69) is 0 Å². The van der Waals surface area contributed by atoms with Crippen molar-refractivity contribution in [2.75, 3.05) is 24.6 Å². The second-order valence-corrected chi connectivity index (χ2v) is 7.78. The first-order valence-corrected chi connectivity index (χ1v) is 7.77. The van der Waals surface area contributed by atoms with Crippen molar-refractivity contribution in [3.05, 3.63) is 0 Å². The average Bonchev–Trinajstić information content (AvgIpc) is 2.52. The minimum Gasteiger partial charge on any atom is -0.386 e. The Morgan fingerprint density at radius 3 is 2.41 bits per heavy atom. The molecular weight excluding hydrogens is 242 g/mol. The van der Waals surface area contributed by atoms with Crippen LogP contribution in [0.5, 0.6) is 0 Å². The summed E-state index contributed by atoms with van der Waals surface area (Å²) < 4.78 is 22.6. The topological polar surface area (TPSA) is 74.7 Å². The van der Waals surface area contributed by atoms with Crippen molar-refractivity contribution < 1.29 is 18.3 Å². The number of hydrogen-bond acceptors (Lipinski definition) is 4. The summed E-state index contributed by atoms with van der Waals surface area (Å²) in [6.45, 7) is 4.50. The average molecular weight is 261 g/mol. The summed E-state index contributed by atoms with van der Waals surface area (Å²) in [4.78, 5) is 13.6. The van der Waals surface area contributed by atoms with Crippen molar-refractivity contribution in [2.45, 2.75) is 25.9 Å². The number of rotatable bonds is 2. The van der Waals surface area contributed by atoms with Gasteiger partial charge in [0.2, 0.25) is 5.91 Å². The number of amides is 1. The molecule has 0 radical (unpaired) electrons. The molecule has 2 heterocycles. The van der Waals surface area contributed by atoms with Gasteiger partial charge in [-0.2, -0.15) is 0 Å². The number of aliphatic hydroxyl groups is 1. The molecule has 0 saturated carbocycles. The molecule has 2 saturated heterocycles. The quantitative estimate of drug-likeness (QED) is 0.737. The van der Waals surface area contributed by atoms with Gasteiger partial charge < -0.3 is 10.0 Å². The summed E-state index contributed by atoms with van der Waals surface area (Å²) in [5, 5.41) is 10.0. The molecule has 2 fully saturated rings.